The zero-order chi connectivity index (χ0) is 13.1. The van der Waals surface area contributed by atoms with Crippen LogP contribution >= 0.6 is 0 Å². The van der Waals surface area contributed by atoms with Crippen LogP contribution in [0.15, 0.2) is 41.7 Å². The third-order valence-electron chi connectivity index (χ3n) is 3.27. The summed E-state index contributed by atoms with van der Waals surface area (Å²) in [6.45, 7) is 3.78. The summed E-state index contributed by atoms with van der Waals surface area (Å²) in [5, 5.41) is 4.41. The lowest BCUT2D eigenvalue weighted by molar-refractivity contribution is 0.659. The molecule has 0 saturated heterocycles. The summed E-state index contributed by atoms with van der Waals surface area (Å²) < 4.78 is 1.84. The van der Waals surface area contributed by atoms with E-state index < -0.39 is 0 Å². The Bertz CT molecular complexity index is 620. The van der Waals surface area contributed by atoms with Crippen LogP contribution in [0.4, 0.5) is 0 Å². The minimum atomic E-state index is 0.785. The lowest BCUT2D eigenvalue weighted by Crippen LogP contribution is -1.95. The van der Waals surface area contributed by atoms with Crippen molar-refractivity contribution in [2.75, 3.05) is 6.54 Å². The number of nitrogens with zero attached hydrogens (tertiary/aromatic N) is 4. The summed E-state index contributed by atoms with van der Waals surface area (Å²) in [6, 6.07) is 8.43. The van der Waals surface area contributed by atoms with Crippen LogP contribution in [0.3, 0.4) is 0 Å². The molecule has 4 heteroatoms. The Kier molecular flexibility index (Phi) is 3.23. The third-order valence-corrected chi connectivity index (χ3v) is 3.27. The first-order chi connectivity index (χ1) is 9.36. The van der Waals surface area contributed by atoms with Crippen LogP contribution in [-0.4, -0.2) is 27.5 Å². The number of dihydropyridines is 1. The molecule has 96 valence electrons. The first-order valence-electron chi connectivity index (χ1n) is 6.56. The molecule has 0 fully saturated rings. The van der Waals surface area contributed by atoms with Gasteiger partial charge in [-0.15, -0.1) is 0 Å². The topological polar surface area (TPSA) is 43.1 Å². The number of hydrogen-bond acceptors (Lipinski definition) is 3. The predicted molar refractivity (Wildman–Crippen MR) is 77.1 cm³/mol. The van der Waals surface area contributed by atoms with Gasteiger partial charge in [0, 0.05) is 24.9 Å². The summed E-state index contributed by atoms with van der Waals surface area (Å²) in [7, 11) is 0. The molecular formula is C15H16N4. The van der Waals surface area contributed by atoms with Crippen molar-refractivity contribution in [1.82, 2.24) is 14.8 Å². The second-order valence-corrected chi connectivity index (χ2v) is 4.50. The first-order valence-corrected chi connectivity index (χ1v) is 6.56. The Balaban J connectivity index is 1.86. The molecule has 0 radical (unpaired) electrons. The highest BCUT2D eigenvalue weighted by molar-refractivity contribution is 5.86. The standard InChI is InChI=1S/C15H16N4/c1-2-19-11-17-15(18-19)14-5-3-12(4-6-14)13-7-9-16-10-8-13/h3-7,9,11H,2,8,10H2,1H3. The van der Waals surface area contributed by atoms with E-state index >= 15 is 0 Å². The van der Waals surface area contributed by atoms with Gasteiger partial charge in [0.1, 0.15) is 6.33 Å². The van der Waals surface area contributed by atoms with Crippen LogP contribution in [-0.2, 0) is 6.54 Å². The highest BCUT2D eigenvalue weighted by atomic mass is 15.3. The summed E-state index contributed by atoms with van der Waals surface area (Å²) in [4.78, 5) is 8.52. The highest BCUT2D eigenvalue weighted by Crippen LogP contribution is 2.23. The fourth-order valence-corrected chi connectivity index (χ4v) is 2.14. The van der Waals surface area contributed by atoms with Crippen LogP contribution < -0.4 is 0 Å². The molecule has 0 atom stereocenters. The summed E-state index contributed by atoms with van der Waals surface area (Å²) in [6.07, 6.45) is 6.75. The van der Waals surface area contributed by atoms with Crippen LogP contribution in [0.2, 0.25) is 0 Å². The van der Waals surface area contributed by atoms with Gasteiger partial charge in [0.25, 0.3) is 0 Å². The second kappa shape index (κ2) is 5.18. The molecule has 0 unspecified atom stereocenters. The van der Waals surface area contributed by atoms with Gasteiger partial charge < -0.3 is 0 Å². The Morgan fingerprint density at radius 3 is 2.58 bits per heavy atom. The SMILES string of the molecule is CCn1cnc(-c2ccc(C3=CC=NCC3)cc2)n1. The van der Waals surface area contributed by atoms with Gasteiger partial charge in [0.05, 0.1) is 0 Å². The molecule has 19 heavy (non-hydrogen) atoms. The molecule has 0 amide bonds. The average molecular weight is 252 g/mol. The van der Waals surface area contributed by atoms with Gasteiger partial charge in [-0.2, -0.15) is 5.10 Å². The Labute approximate surface area is 112 Å². The van der Waals surface area contributed by atoms with Crippen molar-refractivity contribution >= 4 is 11.8 Å². The molecule has 2 aromatic rings. The van der Waals surface area contributed by atoms with E-state index in [9.17, 15) is 0 Å². The molecule has 0 saturated carbocycles. The zero-order valence-electron chi connectivity index (χ0n) is 11.0. The van der Waals surface area contributed by atoms with E-state index in [2.05, 4.69) is 52.3 Å². The van der Waals surface area contributed by atoms with Gasteiger partial charge in [0.2, 0.25) is 0 Å². The fraction of sp³-hybridized carbons (Fsp3) is 0.267. The molecule has 1 aromatic heterocycles. The summed E-state index contributed by atoms with van der Waals surface area (Å²) >= 11 is 0. The number of allylic oxidation sites excluding steroid dienone is 1. The normalized spacial score (nSPS) is 14.5. The average Bonchev–Trinajstić information content (AvgIpc) is 2.97. The molecule has 2 heterocycles. The van der Waals surface area contributed by atoms with Crippen LogP contribution in [0.1, 0.15) is 18.9 Å². The largest absolute Gasteiger partial charge is 0.293 e. The van der Waals surface area contributed by atoms with E-state index in [1.807, 2.05) is 10.9 Å². The van der Waals surface area contributed by atoms with Crippen LogP contribution in [0, 0.1) is 0 Å². The fourth-order valence-electron chi connectivity index (χ4n) is 2.14. The van der Waals surface area contributed by atoms with E-state index in [0.717, 1.165) is 30.9 Å². The van der Waals surface area contributed by atoms with Crippen molar-refractivity contribution in [2.45, 2.75) is 19.9 Å². The van der Waals surface area contributed by atoms with E-state index in [0.29, 0.717) is 0 Å². The van der Waals surface area contributed by atoms with E-state index in [1.165, 1.54) is 11.1 Å². The van der Waals surface area contributed by atoms with Crippen molar-refractivity contribution in [3.8, 4) is 11.4 Å². The maximum atomic E-state index is 4.41. The van der Waals surface area contributed by atoms with Crippen LogP contribution in [0.25, 0.3) is 17.0 Å². The second-order valence-electron chi connectivity index (χ2n) is 4.50. The molecular weight excluding hydrogens is 236 g/mol. The maximum Gasteiger partial charge on any atom is 0.181 e. The Morgan fingerprint density at radius 1 is 1.16 bits per heavy atom. The monoisotopic (exact) mass is 252 g/mol. The number of hydrogen-bond donors (Lipinski definition) is 0. The van der Waals surface area contributed by atoms with E-state index in [-0.39, 0.29) is 0 Å². The number of aliphatic imine (C=N–C) groups is 1. The quantitative estimate of drug-likeness (QED) is 0.843. The smallest absolute Gasteiger partial charge is 0.181 e. The number of rotatable bonds is 3. The van der Waals surface area contributed by atoms with Gasteiger partial charge in [-0.05, 0) is 30.6 Å². The van der Waals surface area contributed by atoms with Gasteiger partial charge in [-0.1, -0.05) is 24.3 Å². The molecule has 1 aliphatic rings. The predicted octanol–water partition coefficient (Wildman–Crippen LogP) is 2.82. The maximum absolute atomic E-state index is 4.41. The zero-order valence-corrected chi connectivity index (χ0v) is 11.0. The van der Waals surface area contributed by atoms with E-state index in [4.69, 9.17) is 0 Å². The van der Waals surface area contributed by atoms with Crippen molar-refractivity contribution < 1.29 is 0 Å². The number of benzene rings is 1. The van der Waals surface area contributed by atoms with Gasteiger partial charge in [-0.25, -0.2) is 4.98 Å². The molecule has 1 aromatic carbocycles. The third kappa shape index (κ3) is 2.47. The van der Waals surface area contributed by atoms with E-state index in [1.54, 1.807) is 6.33 Å². The van der Waals surface area contributed by atoms with Gasteiger partial charge >= 0.3 is 0 Å². The molecule has 0 spiro atoms. The van der Waals surface area contributed by atoms with Crippen molar-refractivity contribution in [2.24, 2.45) is 4.99 Å². The lowest BCUT2D eigenvalue weighted by Gasteiger charge is -2.09. The summed E-state index contributed by atoms with van der Waals surface area (Å²) in [5.41, 5.74) is 3.65. The number of aryl methyl sites for hydroxylation is 1. The molecule has 1 aliphatic heterocycles. The minimum Gasteiger partial charge on any atom is -0.293 e. The molecule has 0 aliphatic carbocycles. The van der Waals surface area contributed by atoms with Crippen LogP contribution in [0.5, 0.6) is 0 Å². The van der Waals surface area contributed by atoms with Gasteiger partial charge in [-0.3, -0.25) is 9.67 Å². The Hall–Kier alpha value is -2.23. The highest BCUT2D eigenvalue weighted by Gasteiger charge is 2.06. The van der Waals surface area contributed by atoms with Crippen molar-refractivity contribution in [3.63, 3.8) is 0 Å². The number of aromatic nitrogens is 3. The molecule has 0 N–H and O–H groups in total. The summed E-state index contributed by atoms with van der Waals surface area (Å²) in [5.74, 6) is 0.785. The Morgan fingerprint density at radius 2 is 1.95 bits per heavy atom. The van der Waals surface area contributed by atoms with Gasteiger partial charge in [0.15, 0.2) is 5.82 Å². The molecule has 0 bridgehead atoms. The lowest BCUT2D eigenvalue weighted by atomic mass is 10.00. The van der Waals surface area contributed by atoms with Crippen molar-refractivity contribution in [3.05, 3.63) is 42.2 Å². The first kappa shape index (κ1) is 11.8. The van der Waals surface area contributed by atoms with Crippen molar-refractivity contribution in [1.29, 1.82) is 0 Å². The molecule has 4 nitrogen and oxygen atoms in total. The molecule has 3 rings (SSSR count). The minimum absolute atomic E-state index is 0.785.